The third-order valence-electron chi connectivity index (χ3n) is 6.41. The van der Waals surface area contributed by atoms with Crippen LogP contribution in [-0.2, 0) is 13.1 Å². The van der Waals surface area contributed by atoms with Crippen molar-refractivity contribution in [2.24, 2.45) is 0 Å². The number of phenolic OH excluding ortho intramolecular Hbond substituents is 1. The summed E-state index contributed by atoms with van der Waals surface area (Å²) in [7, 11) is 0. The second-order valence-electron chi connectivity index (χ2n) is 8.52. The Kier molecular flexibility index (Phi) is 5.98. The number of amides is 2. The van der Waals surface area contributed by atoms with Gasteiger partial charge in [-0.2, -0.15) is 0 Å². The number of phenols is 1. The van der Waals surface area contributed by atoms with Crippen LogP contribution >= 0.6 is 11.6 Å². The van der Waals surface area contributed by atoms with Crippen LogP contribution in [0, 0.1) is 5.82 Å². The third-order valence-corrected chi connectivity index (χ3v) is 6.65. The van der Waals surface area contributed by atoms with Crippen molar-refractivity contribution in [1.29, 1.82) is 0 Å². The number of halogens is 2. The quantitative estimate of drug-likeness (QED) is 0.553. The smallest absolute Gasteiger partial charge is 0.263 e. The number of anilines is 1. The van der Waals surface area contributed by atoms with E-state index in [0.29, 0.717) is 41.3 Å². The highest BCUT2D eigenvalue weighted by Crippen LogP contribution is 2.33. The summed E-state index contributed by atoms with van der Waals surface area (Å²) in [6.07, 6.45) is 0. The van der Waals surface area contributed by atoms with Gasteiger partial charge in [0.25, 0.3) is 11.8 Å². The Labute approximate surface area is 201 Å². The van der Waals surface area contributed by atoms with E-state index in [1.165, 1.54) is 6.07 Å². The van der Waals surface area contributed by atoms with Crippen molar-refractivity contribution in [2.75, 3.05) is 31.1 Å². The van der Waals surface area contributed by atoms with E-state index < -0.39 is 17.6 Å². The first kappa shape index (κ1) is 22.4. The van der Waals surface area contributed by atoms with Crippen LogP contribution in [0.4, 0.5) is 10.1 Å². The van der Waals surface area contributed by atoms with E-state index in [0.717, 1.165) is 29.2 Å². The van der Waals surface area contributed by atoms with Crippen molar-refractivity contribution in [3.63, 3.8) is 0 Å². The summed E-state index contributed by atoms with van der Waals surface area (Å²) in [5.41, 5.74) is 2.52. The van der Waals surface area contributed by atoms with Crippen LogP contribution in [-0.4, -0.2) is 52.9 Å². The fraction of sp³-hybridized carbons (Fsp3) is 0.231. The minimum atomic E-state index is -0.443. The van der Waals surface area contributed by atoms with Gasteiger partial charge in [-0.1, -0.05) is 35.9 Å². The van der Waals surface area contributed by atoms with E-state index in [4.69, 9.17) is 11.6 Å². The minimum absolute atomic E-state index is 0.102. The van der Waals surface area contributed by atoms with E-state index in [-0.39, 0.29) is 12.3 Å². The molecule has 0 bridgehead atoms. The standard InChI is InChI=1S/C26H23ClFN3O3/c27-19-8-9-23(32)18(14-19)15-29-10-12-30(13-11-29)22-7-3-5-20-24(22)26(34)31(25(20)33)16-17-4-1-2-6-21(17)28/h1-9,14,32H,10-13,15-16H2. The van der Waals surface area contributed by atoms with E-state index in [1.54, 1.807) is 48.5 Å². The first-order chi connectivity index (χ1) is 16.4. The van der Waals surface area contributed by atoms with Gasteiger partial charge in [0, 0.05) is 48.9 Å². The molecule has 2 aliphatic rings. The number of piperazine rings is 1. The Morgan fingerprint density at radius 2 is 1.62 bits per heavy atom. The maximum atomic E-state index is 14.2. The number of hydrogen-bond donors (Lipinski definition) is 1. The summed E-state index contributed by atoms with van der Waals surface area (Å²) in [6, 6.07) is 16.5. The van der Waals surface area contributed by atoms with Gasteiger partial charge in [0.15, 0.2) is 0 Å². The molecule has 3 aromatic rings. The lowest BCUT2D eigenvalue weighted by Gasteiger charge is -2.36. The molecule has 6 nitrogen and oxygen atoms in total. The molecule has 3 aromatic carbocycles. The van der Waals surface area contributed by atoms with Crippen molar-refractivity contribution >= 4 is 29.1 Å². The zero-order chi connectivity index (χ0) is 23.8. The fourth-order valence-electron chi connectivity index (χ4n) is 4.59. The molecule has 0 saturated carbocycles. The zero-order valence-electron chi connectivity index (χ0n) is 18.4. The highest BCUT2D eigenvalue weighted by atomic mass is 35.5. The number of rotatable bonds is 5. The number of benzene rings is 3. The molecular formula is C26H23ClFN3O3. The molecule has 0 spiro atoms. The van der Waals surface area contributed by atoms with Gasteiger partial charge in [0.05, 0.1) is 23.4 Å². The molecule has 8 heteroatoms. The molecule has 0 radical (unpaired) electrons. The second kappa shape index (κ2) is 9.08. The molecule has 1 fully saturated rings. The maximum Gasteiger partial charge on any atom is 0.263 e. The van der Waals surface area contributed by atoms with Gasteiger partial charge in [-0.15, -0.1) is 0 Å². The Balaban J connectivity index is 1.32. The van der Waals surface area contributed by atoms with Gasteiger partial charge in [-0.3, -0.25) is 19.4 Å². The van der Waals surface area contributed by atoms with Crippen LogP contribution in [0.3, 0.4) is 0 Å². The number of aromatic hydroxyl groups is 1. The fourth-order valence-corrected chi connectivity index (χ4v) is 4.78. The highest BCUT2D eigenvalue weighted by Gasteiger charge is 2.39. The molecule has 1 saturated heterocycles. The number of carbonyl (C=O) groups excluding carboxylic acids is 2. The number of fused-ring (bicyclic) bond motifs is 1. The molecular weight excluding hydrogens is 457 g/mol. The molecule has 0 aliphatic carbocycles. The second-order valence-corrected chi connectivity index (χ2v) is 8.96. The largest absolute Gasteiger partial charge is 0.508 e. The average Bonchev–Trinajstić information content (AvgIpc) is 3.08. The van der Waals surface area contributed by atoms with Gasteiger partial charge in [0.1, 0.15) is 11.6 Å². The molecule has 0 atom stereocenters. The van der Waals surface area contributed by atoms with Gasteiger partial charge in [0.2, 0.25) is 0 Å². The Bertz CT molecular complexity index is 1270. The number of carbonyl (C=O) groups is 2. The van der Waals surface area contributed by atoms with Gasteiger partial charge >= 0.3 is 0 Å². The van der Waals surface area contributed by atoms with Crippen LogP contribution in [0.2, 0.25) is 5.02 Å². The van der Waals surface area contributed by atoms with E-state index in [2.05, 4.69) is 9.80 Å². The molecule has 2 amide bonds. The lowest BCUT2D eigenvalue weighted by atomic mass is 10.1. The Morgan fingerprint density at radius 3 is 2.38 bits per heavy atom. The normalized spacial score (nSPS) is 16.3. The molecule has 2 heterocycles. The molecule has 5 rings (SSSR count). The predicted octanol–water partition coefficient (Wildman–Crippen LogP) is 4.30. The van der Waals surface area contributed by atoms with Crippen LogP contribution in [0.1, 0.15) is 31.8 Å². The minimum Gasteiger partial charge on any atom is -0.508 e. The summed E-state index contributed by atoms with van der Waals surface area (Å²) in [4.78, 5) is 31.7. The van der Waals surface area contributed by atoms with Gasteiger partial charge < -0.3 is 10.0 Å². The van der Waals surface area contributed by atoms with Crippen LogP contribution in [0.15, 0.2) is 60.7 Å². The van der Waals surface area contributed by atoms with Crippen molar-refractivity contribution in [3.05, 3.63) is 93.8 Å². The molecule has 0 unspecified atom stereocenters. The van der Waals surface area contributed by atoms with Crippen LogP contribution in [0.25, 0.3) is 0 Å². The monoisotopic (exact) mass is 479 g/mol. The summed E-state index contributed by atoms with van der Waals surface area (Å²) < 4.78 is 14.2. The lowest BCUT2D eigenvalue weighted by Crippen LogP contribution is -2.46. The van der Waals surface area contributed by atoms with Crippen molar-refractivity contribution in [3.8, 4) is 5.75 Å². The molecule has 1 N–H and O–H groups in total. The Morgan fingerprint density at radius 1 is 0.853 bits per heavy atom. The number of nitrogens with zero attached hydrogens (tertiary/aromatic N) is 3. The third kappa shape index (κ3) is 4.13. The summed E-state index contributed by atoms with van der Waals surface area (Å²) >= 11 is 6.07. The summed E-state index contributed by atoms with van der Waals surface area (Å²) in [5, 5.41) is 10.7. The van der Waals surface area contributed by atoms with E-state index >= 15 is 0 Å². The SMILES string of the molecule is O=C1c2cccc(N3CCN(Cc4cc(Cl)ccc4O)CC3)c2C(=O)N1Cc1ccccc1F. The van der Waals surface area contributed by atoms with E-state index in [9.17, 15) is 19.1 Å². The van der Waals surface area contributed by atoms with E-state index in [1.807, 2.05) is 6.07 Å². The Hall–Kier alpha value is -3.42. The highest BCUT2D eigenvalue weighted by molar-refractivity contribution is 6.30. The lowest BCUT2D eigenvalue weighted by molar-refractivity contribution is 0.0641. The molecule has 2 aliphatic heterocycles. The van der Waals surface area contributed by atoms with Crippen LogP contribution in [0.5, 0.6) is 5.75 Å². The predicted molar refractivity (Wildman–Crippen MR) is 128 cm³/mol. The maximum absolute atomic E-state index is 14.2. The van der Waals surface area contributed by atoms with Crippen molar-refractivity contribution < 1.29 is 19.1 Å². The summed E-state index contributed by atoms with van der Waals surface area (Å²) in [6.45, 7) is 3.23. The van der Waals surface area contributed by atoms with Crippen molar-refractivity contribution in [1.82, 2.24) is 9.80 Å². The van der Waals surface area contributed by atoms with Gasteiger partial charge in [-0.05, 0) is 36.4 Å². The molecule has 174 valence electrons. The average molecular weight is 480 g/mol. The van der Waals surface area contributed by atoms with Crippen molar-refractivity contribution in [2.45, 2.75) is 13.1 Å². The first-order valence-corrected chi connectivity index (χ1v) is 11.5. The van der Waals surface area contributed by atoms with Crippen LogP contribution < -0.4 is 4.90 Å². The zero-order valence-corrected chi connectivity index (χ0v) is 19.1. The van der Waals surface area contributed by atoms with Gasteiger partial charge in [-0.25, -0.2) is 4.39 Å². The molecule has 34 heavy (non-hydrogen) atoms. The topological polar surface area (TPSA) is 64.1 Å². The molecule has 0 aromatic heterocycles. The number of hydrogen-bond acceptors (Lipinski definition) is 5. The number of imide groups is 1. The summed E-state index contributed by atoms with van der Waals surface area (Å²) in [5.74, 6) is -1.03. The first-order valence-electron chi connectivity index (χ1n) is 11.1.